The molecular formula is C26H35N3O4S. The second-order valence-corrected chi connectivity index (χ2v) is 13.4. The van der Waals surface area contributed by atoms with Gasteiger partial charge in [-0.2, -0.15) is 4.31 Å². The van der Waals surface area contributed by atoms with Crippen molar-refractivity contribution in [3.05, 3.63) is 24.3 Å². The Labute approximate surface area is 202 Å². The number of likely N-dealkylation sites (tertiary alicyclic amines) is 1. The molecule has 8 heteroatoms. The topological polar surface area (TPSA) is 86.8 Å². The Morgan fingerprint density at radius 3 is 2.03 bits per heavy atom. The molecule has 6 fully saturated rings. The molecule has 0 spiro atoms. The number of nitrogens with one attached hydrogen (secondary N) is 1. The first kappa shape index (κ1) is 22.5. The van der Waals surface area contributed by atoms with Gasteiger partial charge >= 0.3 is 0 Å². The Kier molecular flexibility index (Phi) is 5.52. The molecular weight excluding hydrogens is 450 g/mol. The van der Waals surface area contributed by atoms with E-state index in [9.17, 15) is 18.0 Å². The Hall–Kier alpha value is -1.93. The van der Waals surface area contributed by atoms with Crippen molar-refractivity contribution in [3.63, 3.8) is 0 Å². The van der Waals surface area contributed by atoms with Crippen molar-refractivity contribution in [2.24, 2.45) is 23.2 Å². The van der Waals surface area contributed by atoms with Gasteiger partial charge in [0.2, 0.25) is 21.8 Å². The van der Waals surface area contributed by atoms with Gasteiger partial charge in [0, 0.05) is 25.3 Å². The van der Waals surface area contributed by atoms with Crippen molar-refractivity contribution in [3.8, 4) is 0 Å². The summed E-state index contributed by atoms with van der Waals surface area (Å²) in [5.74, 6) is 2.14. The normalized spacial score (nSPS) is 35.1. The maximum atomic E-state index is 13.8. The molecule has 4 aliphatic carbocycles. The highest BCUT2D eigenvalue weighted by molar-refractivity contribution is 7.89. The van der Waals surface area contributed by atoms with Crippen LogP contribution in [0.15, 0.2) is 29.2 Å². The molecule has 1 atom stereocenters. The van der Waals surface area contributed by atoms with Gasteiger partial charge in [-0.3, -0.25) is 9.59 Å². The first-order chi connectivity index (χ1) is 16.3. The highest BCUT2D eigenvalue weighted by atomic mass is 32.2. The quantitative estimate of drug-likeness (QED) is 0.690. The van der Waals surface area contributed by atoms with Crippen LogP contribution >= 0.6 is 0 Å². The number of carbonyl (C=O) groups is 2. The molecule has 0 aromatic heterocycles. The Morgan fingerprint density at radius 1 is 0.853 bits per heavy atom. The van der Waals surface area contributed by atoms with Gasteiger partial charge < -0.3 is 10.2 Å². The van der Waals surface area contributed by atoms with Gasteiger partial charge in [-0.15, -0.1) is 0 Å². The first-order valence-electron chi connectivity index (χ1n) is 13.1. The first-order valence-corrected chi connectivity index (χ1v) is 14.5. The summed E-state index contributed by atoms with van der Waals surface area (Å²) in [5.41, 5.74) is 0.336. The van der Waals surface area contributed by atoms with Gasteiger partial charge in [-0.1, -0.05) is 0 Å². The van der Waals surface area contributed by atoms with E-state index in [0.29, 0.717) is 49.5 Å². The monoisotopic (exact) mass is 485 g/mol. The van der Waals surface area contributed by atoms with Crippen molar-refractivity contribution < 1.29 is 18.0 Å². The van der Waals surface area contributed by atoms with E-state index in [2.05, 4.69) is 5.32 Å². The third-order valence-electron chi connectivity index (χ3n) is 9.13. The van der Waals surface area contributed by atoms with Crippen molar-refractivity contribution in [2.75, 3.05) is 25.0 Å². The van der Waals surface area contributed by atoms with Gasteiger partial charge in [-0.05, 0) is 106 Å². The molecule has 7 nitrogen and oxygen atoms in total. The van der Waals surface area contributed by atoms with Crippen LogP contribution in [0.3, 0.4) is 0 Å². The number of benzene rings is 1. The largest absolute Gasteiger partial charge is 0.330 e. The summed E-state index contributed by atoms with van der Waals surface area (Å²) < 4.78 is 27.0. The van der Waals surface area contributed by atoms with Crippen LogP contribution in [-0.2, 0) is 19.6 Å². The number of sulfonamides is 1. The number of anilines is 1. The van der Waals surface area contributed by atoms with Crippen LogP contribution in [0, 0.1) is 23.2 Å². The summed E-state index contributed by atoms with van der Waals surface area (Å²) in [6, 6.07) is 6.00. The molecule has 0 unspecified atom stereocenters. The van der Waals surface area contributed by atoms with Gasteiger partial charge in [0.05, 0.1) is 10.3 Å². The zero-order valence-corrected chi connectivity index (χ0v) is 20.6. The van der Waals surface area contributed by atoms with Crippen LogP contribution in [-0.4, -0.2) is 55.1 Å². The number of carbonyl (C=O) groups excluding carboxylic acids is 2. The fourth-order valence-corrected chi connectivity index (χ4v) is 9.49. The molecule has 7 rings (SSSR count). The lowest BCUT2D eigenvalue weighted by Crippen LogP contribution is -2.56. The summed E-state index contributed by atoms with van der Waals surface area (Å²) in [6.45, 7) is 1.79. The lowest BCUT2D eigenvalue weighted by Gasteiger charge is -2.56. The zero-order chi connectivity index (χ0) is 23.5. The van der Waals surface area contributed by atoms with Crippen molar-refractivity contribution >= 4 is 27.5 Å². The van der Waals surface area contributed by atoms with Crippen LogP contribution in [0.25, 0.3) is 0 Å². The van der Waals surface area contributed by atoms with Crippen LogP contribution < -0.4 is 5.32 Å². The summed E-state index contributed by atoms with van der Waals surface area (Å²) in [5, 5.41) is 2.95. The van der Waals surface area contributed by atoms with Crippen LogP contribution in [0.2, 0.25) is 0 Å². The van der Waals surface area contributed by atoms with Gasteiger partial charge in [0.25, 0.3) is 0 Å². The van der Waals surface area contributed by atoms with E-state index in [1.807, 2.05) is 4.90 Å². The van der Waals surface area contributed by atoms with Crippen molar-refractivity contribution in [1.29, 1.82) is 0 Å². The fourth-order valence-electron chi connectivity index (χ4n) is 7.97. The molecule has 4 bridgehead atoms. The molecule has 1 aromatic rings. The smallest absolute Gasteiger partial charge is 0.247 e. The average molecular weight is 486 g/mol. The van der Waals surface area contributed by atoms with Gasteiger partial charge in [0.15, 0.2) is 0 Å². The second-order valence-electron chi connectivity index (χ2n) is 11.5. The van der Waals surface area contributed by atoms with E-state index in [1.54, 1.807) is 24.3 Å². The van der Waals surface area contributed by atoms with Gasteiger partial charge in [0.1, 0.15) is 6.04 Å². The van der Waals surface area contributed by atoms with Gasteiger partial charge in [-0.25, -0.2) is 8.42 Å². The summed E-state index contributed by atoms with van der Waals surface area (Å²) in [4.78, 5) is 29.2. The van der Waals surface area contributed by atoms with Crippen molar-refractivity contribution in [1.82, 2.24) is 9.21 Å². The number of amides is 2. The van der Waals surface area contributed by atoms with E-state index in [0.717, 1.165) is 38.5 Å². The molecule has 2 aliphatic heterocycles. The van der Waals surface area contributed by atoms with E-state index in [4.69, 9.17) is 0 Å². The maximum Gasteiger partial charge on any atom is 0.247 e. The van der Waals surface area contributed by atoms with E-state index < -0.39 is 16.1 Å². The molecule has 2 saturated heterocycles. The van der Waals surface area contributed by atoms with E-state index in [1.165, 1.54) is 23.6 Å². The summed E-state index contributed by atoms with van der Waals surface area (Å²) in [6.07, 6.45) is 10.2. The molecule has 34 heavy (non-hydrogen) atoms. The lowest BCUT2D eigenvalue weighted by atomic mass is 9.49. The third kappa shape index (κ3) is 3.77. The SMILES string of the molecule is O=C(Nc1ccc(S(=O)(=O)N2CCCC2)cc1)[C@H]1CCCN1C(=O)C12CC3CC(CC(C3)C1)C2. The predicted octanol–water partition coefficient (Wildman–Crippen LogP) is 3.62. The molecule has 1 aromatic carbocycles. The molecule has 2 amide bonds. The van der Waals surface area contributed by atoms with Crippen molar-refractivity contribution in [2.45, 2.75) is 75.1 Å². The van der Waals surface area contributed by atoms with E-state index in [-0.39, 0.29) is 22.1 Å². The van der Waals surface area contributed by atoms with Crippen LogP contribution in [0.1, 0.15) is 64.2 Å². The third-order valence-corrected chi connectivity index (χ3v) is 11.0. The average Bonchev–Trinajstić information content (AvgIpc) is 3.51. The Balaban J connectivity index is 1.14. The molecule has 0 radical (unpaired) electrons. The van der Waals surface area contributed by atoms with E-state index >= 15 is 0 Å². The zero-order valence-electron chi connectivity index (χ0n) is 19.7. The molecule has 2 heterocycles. The number of hydrogen-bond donors (Lipinski definition) is 1. The second kappa shape index (κ2) is 8.33. The number of rotatable bonds is 5. The maximum absolute atomic E-state index is 13.8. The highest BCUT2D eigenvalue weighted by Crippen LogP contribution is 2.60. The van der Waals surface area contributed by atoms with Crippen LogP contribution in [0.5, 0.6) is 0 Å². The minimum absolute atomic E-state index is 0.161. The Morgan fingerprint density at radius 2 is 1.44 bits per heavy atom. The Bertz CT molecular complexity index is 1040. The lowest BCUT2D eigenvalue weighted by molar-refractivity contribution is -0.160. The molecule has 4 saturated carbocycles. The molecule has 6 aliphatic rings. The molecule has 1 N–H and O–H groups in total. The standard InChI is InChI=1S/C26H35N3O4S/c30-24(27-21-5-7-22(8-6-21)34(32,33)28-9-1-2-10-28)23-4-3-11-29(23)25(31)26-15-18-12-19(16-26)14-20(13-18)17-26/h5-8,18-20,23H,1-4,9-17H2,(H,27,30)/t18?,19?,20?,23-,26?/m1/s1. The predicted molar refractivity (Wildman–Crippen MR) is 128 cm³/mol. The number of hydrogen-bond acceptors (Lipinski definition) is 4. The minimum Gasteiger partial charge on any atom is -0.330 e. The highest BCUT2D eigenvalue weighted by Gasteiger charge is 2.56. The van der Waals surface area contributed by atoms with Crippen LogP contribution in [0.4, 0.5) is 5.69 Å². The fraction of sp³-hybridized carbons (Fsp3) is 0.692. The minimum atomic E-state index is -3.47. The summed E-state index contributed by atoms with van der Waals surface area (Å²) in [7, 11) is -3.47. The summed E-state index contributed by atoms with van der Waals surface area (Å²) >= 11 is 0. The number of nitrogens with zero attached hydrogens (tertiary/aromatic N) is 2. The molecule has 184 valence electrons.